The third kappa shape index (κ3) is 3.82. The van der Waals surface area contributed by atoms with Crippen LogP contribution in [-0.4, -0.2) is 38.7 Å². The number of carboxylic acids is 1. The molecular weight excluding hydrogens is 442 g/mol. The number of carbonyl (C=O) groups is 1. The summed E-state index contributed by atoms with van der Waals surface area (Å²) in [7, 11) is 1.78. The SMILES string of the molecule is Cc1cc([C@@H](C)Nc2ccc(Cl)nc2C(=O)O)c2nc(N3CCC4(CC4)C3)n(C)c(=O)c2c1. The second-order valence-corrected chi connectivity index (χ2v) is 9.79. The highest BCUT2D eigenvalue weighted by Gasteiger charge is 2.48. The van der Waals surface area contributed by atoms with Gasteiger partial charge in [0.25, 0.3) is 5.56 Å². The summed E-state index contributed by atoms with van der Waals surface area (Å²) in [6.45, 7) is 5.70. The van der Waals surface area contributed by atoms with Gasteiger partial charge in [-0.1, -0.05) is 17.7 Å². The highest BCUT2D eigenvalue weighted by molar-refractivity contribution is 6.29. The van der Waals surface area contributed by atoms with Gasteiger partial charge in [-0.15, -0.1) is 0 Å². The van der Waals surface area contributed by atoms with Gasteiger partial charge in [0.05, 0.1) is 22.6 Å². The third-order valence-corrected chi connectivity index (χ3v) is 7.12. The van der Waals surface area contributed by atoms with Crippen molar-refractivity contribution in [3.8, 4) is 0 Å². The molecule has 0 bridgehead atoms. The number of nitrogens with one attached hydrogen (secondary N) is 1. The Morgan fingerprint density at radius 3 is 2.67 bits per heavy atom. The van der Waals surface area contributed by atoms with Gasteiger partial charge >= 0.3 is 5.97 Å². The number of halogens is 1. The minimum atomic E-state index is -1.17. The lowest BCUT2D eigenvalue weighted by Gasteiger charge is -2.23. The summed E-state index contributed by atoms with van der Waals surface area (Å²) in [6, 6.07) is 6.68. The lowest BCUT2D eigenvalue weighted by molar-refractivity contribution is 0.0691. The number of aromatic nitrogens is 3. The van der Waals surface area contributed by atoms with Gasteiger partial charge in [0.15, 0.2) is 5.69 Å². The highest BCUT2D eigenvalue weighted by Crippen LogP contribution is 2.53. The summed E-state index contributed by atoms with van der Waals surface area (Å²) in [4.78, 5) is 36.1. The summed E-state index contributed by atoms with van der Waals surface area (Å²) in [6.07, 6.45) is 3.64. The molecule has 1 aromatic carbocycles. The molecule has 3 aromatic rings. The molecule has 5 rings (SSSR count). The van der Waals surface area contributed by atoms with Crippen molar-refractivity contribution in [2.75, 3.05) is 23.3 Å². The van der Waals surface area contributed by atoms with Crippen LogP contribution in [0.3, 0.4) is 0 Å². The second-order valence-electron chi connectivity index (χ2n) is 9.40. The first-order chi connectivity index (χ1) is 15.7. The Balaban J connectivity index is 1.59. The summed E-state index contributed by atoms with van der Waals surface area (Å²) < 4.78 is 1.65. The standard InChI is InChI=1S/C24H26ClN5O3/c1-13-10-15(14(2)26-17-4-5-18(25)27-20(17)22(32)33)19-16(11-13)21(31)29(3)23(28-19)30-9-8-24(12-30)6-7-24/h4-5,10-11,14,26H,6-9,12H2,1-3H3,(H,32,33)/t14-/m1/s1. The predicted octanol–water partition coefficient (Wildman–Crippen LogP) is 4.15. The number of aromatic carboxylic acids is 1. The van der Waals surface area contributed by atoms with Gasteiger partial charge in [0.2, 0.25) is 5.95 Å². The number of fused-ring (bicyclic) bond motifs is 1. The molecule has 0 unspecified atom stereocenters. The average molecular weight is 468 g/mol. The molecule has 3 heterocycles. The molecule has 1 spiro atoms. The van der Waals surface area contributed by atoms with Crippen LogP contribution >= 0.6 is 11.6 Å². The molecule has 0 radical (unpaired) electrons. The maximum atomic E-state index is 13.3. The monoisotopic (exact) mass is 467 g/mol. The molecule has 1 aliphatic heterocycles. The number of rotatable bonds is 5. The molecule has 2 aliphatic rings. The van der Waals surface area contributed by atoms with Crippen LogP contribution in [0.15, 0.2) is 29.1 Å². The largest absolute Gasteiger partial charge is 0.476 e. The molecular formula is C24H26ClN5O3. The number of hydrogen-bond acceptors (Lipinski definition) is 6. The minimum absolute atomic E-state index is 0.0803. The van der Waals surface area contributed by atoms with Gasteiger partial charge in [0.1, 0.15) is 5.15 Å². The number of nitrogens with zero attached hydrogens (tertiary/aromatic N) is 4. The number of benzene rings is 1. The molecule has 8 nitrogen and oxygen atoms in total. The van der Waals surface area contributed by atoms with Crippen LogP contribution in [0.4, 0.5) is 11.6 Å². The zero-order valence-electron chi connectivity index (χ0n) is 18.9. The Morgan fingerprint density at radius 2 is 2.00 bits per heavy atom. The number of anilines is 2. The summed E-state index contributed by atoms with van der Waals surface area (Å²) >= 11 is 5.90. The fourth-order valence-corrected chi connectivity index (χ4v) is 5.02. The van der Waals surface area contributed by atoms with Crippen molar-refractivity contribution in [2.24, 2.45) is 12.5 Å². The van der Waals surface area contributed by atoms with Gasteiger partial charge in [-0.2, -0.15) is 0 Å². The van der Waals surface area contributed by atoms with E-state index in [0.717, 1.165) is 30.6 Å². The van der Waals surface area contributed by atoms with Crippen LogP contribution < -0.4 is 15.8 Å². The minimum Gasteiger partial charge on any atom is -0.476 e. The Labute approximate surface area is 196 Å². The molecule has 2 aromatic heterocycles. The van der Waals surface area contributed by atoms with Crippen molar-refractivity contribution in [1.82, 2.24) is 14.5 Å². The first-order valence-electron chi connectivity index (χ1n) is 11.1. The summed E-state index contributed by atoms with van der Waals surface area (Å²) in [5.41, 5.74) is 2.93. The molecule has 9 heteroatoms. The fourth-order valence-electron chi connectivity index (χ4n) is 4.87. The van der Waals surface area contributed by atoms with Crippen LogP contribution in [0.25, 0.3) is 10.9 Å². The van der Waals surface area contributed by atoms with Crippen LogP contribution in [0.2, 0.25) is 5.15 Å². The topological polar surface area (TPSA) is 100 Å². The average Bonchev–Trinajstić information content (AvgIpc) is 3.40. The van der Waals surface area contributed by atoms with Crippen LogP contribution in [0.1, 0.15) is 53.8 Å². The van der Waals surface area contributed by atoms with Gasteiger partial charge in [-0.05, 0) is 62.3 Å². The quantitative estimate of drug-likeness (QED) is 0.543. The van der Waals surface area contributed by atoms with Crippen molar-refractivity contribution < 1.29 is 9.90 Å². The Hall–Kier alpha value is -3.13. The van der Waals surface area contributed by atoms with E-state index >= 15 is 0 Å². The molecule has 2 N–H and O–H groups in total. The summed E-state index contributed by atoms with van der Waals surface area (Å²) in [5, 5.41) is 13.4. The molecule has 1 aliphatic carbocycles. The highest BCUT2D eigenvalue weighted by atomic mass is 35.5. The van der Waals surface area contributed by atoms with E-state index < -0.39 is 5.97 Å². The Kier molecular flexibility index (Phi) is 5.08. The van der Waals surface area contributed by atoms with E-state index in [1.807, 2.05) is 26.0 Å². The molecule has 0 amide bonds. The molecule has 172 valence electrons. The lowest BCUT2D eigenvalue weighted by atomic mass is 10.0. The molecule has 2 fully saturated rings. The van der Waals surface area contributed by atoms with E-state index in [-0.39, 0.29) is 22.4 Å². The van der Waals surface area contributed by atoms with Crippen molar-refractivity contribution in [3.63, 3.8) is 0 Å². The van der Waals surface area contributed by atoms with E-state index in [1.54, 1.807) is 23.7 Å². The number of aryl methyl sites for hydroxylation is 1. The van der Waals surface area contributed by atoms with Crippen LogP contribution in [-0.2, 0) is 7.05 Å². The Bertz CT molecular complexity index is 1350. The van der Waals surface area contributed by atoms with E-state index in [9.17, 15) is 14.7 Å². The van der Waals surface area contributed by atoms with Crippen LogP contribution in [0, 0.1) is 12.3 Å². The van der Waals surface area contributed by atoms with Gasteiger partial charge in [-0.25, -0.2) is 14.8 Å². The van der Waals surface area contributed by atoms with Crippen LogP contribution in [0.5, 0.6) is 0 Å². The first kappa shape index (κ1) is 21.7. The van der Waals surface area contributed by atoms with E-state index in [2.05, 4.69) is 15.2 Å². The van der Waals surface area contributed by atoms with Crippen molar-refractivity contribution in [3.05, 3.63) is 56.6 Å². The van der Waals surface area contributed by atoms with Gasteiger partial charge in [0, 0.05) is 25.7 Å². The van der Waals surface area contributed by atoms with Crippen molar-refractivity contribution >= 4 is 40.1 Å². The van der Waals surface area contributed by atoms with E-state index in [1.165, 1.54) is 12.8 Å². The van der Waals surface area contributed by atoms with E-state index in [0.29, 0.717) is 28.0 Å². The maximum absolute atomic E-state index is 13.3. The van der Waals surface area contributed by atoms with Crippen molar-refractivity contribution in [2.45, 2.75) is 39.2 Å². The first-order valence-corrected chi connectivity index (χ1v) is 11.5. The molecule has 1 saturated heterocycles. The van der Waals surface area contributed by atoms with E-state index in [4.69, 9.17) is 16.6 Å². The maximum Gasteiger partial charge on any atom is 0.356 e. The summed E-state index contributed by atoms with van der Waals surface area (Å²) in [5.74, 6) is -0.480. The second kappa shape index (κ2) is 7.73. The number of hydrogen-bond donors (Lipinski definition) is 2. The number of pyridine rings is 1. The van der Waals surface area contributed by atoms with Gasteiger partial charge < -0.3 is 15.3 Å². The van der Waals surface area contributed by atoms with Gasteiger partial charge in [-0.3, -0.25) is 9.36 Å². The fraction of sp³-hybridized carbons (Fsp3) is 0.417. The zero-order valence-corrected chi connectivity index (χ0v) is 19.6. The smallest absolute Gasteiger partial charge is 0.356 e. The third-order valence-electron chi connectivity index (χ3n) is 6.91. The Morgan fingerprint density at radius 1 is 1.24 bits per heavy atom. The predicted molar refractivity (Wildman–Crippen MR) is 128 cm³/mol. The molecule has 1 atom stereocenters. The number of carboxylic acid groups (broad SMARTS) is 1. The zero-order chi connectivity index (χ0) is 23.5. The molecule has 1 saturated carbocycles. The normalized spacial score (nSPS) is 17.5. The molecule has 33 heavy (non-hydrogen) atoms. The lowest BCUT2D eigenvalue weighted by Crippen LogP contribution is -2.31. The van der Waals surface area contributed by atoms with Crippen molar-refractivity contribution in [1.29, 1.82) is 0 Å².